The zero-order chi connectivity index (χ0) is 18.0. The smallest absolute Gasteiger partial charge is 0.257 e. The molecule has 0 unspecified atom stereocenters. The highest BCUT2D eigenvalue weighted by atomic mass is 16.5. The van der Waals surface area contributed by atoms with Gasteiger partial charge in [0.05, 0.1) is 19.8 Å². The van der Waals surface area contributed by atoms with E-state index >= 15 is 0 Å². The van der Waals surface area contributed by atoms with E-state index in [1.807, 2.05) is 42.1 Å². The van der Waals surface area contributed by atoms with Gasteiger partial charge in [-0.05, 0) is 41.8 Å². The van der Waals surface area contributed by atoms with Gasteiger partial charge in [0, 0.05) is 33.4 Å². The van der Waals surface area contributed by atoms with Crippen molar-refractivity contribution < 1.29 is 14.3 Å². The van der Waals surface area contributed by atoms with Crippen LogP contribution in [-0.2, 0) is 13.0 Å². The summed E-state index contributed by atoms with van der Waals surface area (Å²) in [4.78, 5) is 21.1. The van der Waals surface area contributed by atoms with Gasteiger partial charge < -0.3 is 19.3 Å². The highest BCUT2D eigenvalue weighted by Crippen LogP contribution is 2.33. The molecule has 0 fully saturated rings. The van der Waals surface area contributed by atoms with Crippen molar-refractivity contribution in [2.75, 3.05) is 39.8 Å². The SMILES string of the molecule is COc1cc2c(cc1OC)CN(C(=O)c1cccnc1N(C)C)CC2. The molecule has 0 bridgehead atoms. The van der Waals surface area contributed by atoms with Crippen molar-refractivity contribution in [3.05, 3.63) is 47.2 Å². The number of pyridine rings is 1. The number of methoxy groups -OCH3 is 2. The van der Waals surface area contributed by atoms with E-state index in [0.717, 1.165) is 17.7 Å². The summed E-state index contributed by atoms with van der Waals surface area (Å²) in [5.74, 6) is 2.09. The highest BCUT2D eigenvalue weighted by molar-refractivity contribution is 5.99. The molecule has 2 heterocycles. The lowest BCUT2D eigenvalue weighted by Crippen LogP contribution is -2.36. The zero-order valence-corrected chi connectivity index (χ0v) is 15.1. The number of benzene rings is 1. The van der Waals surface area contributed by atoms with Crippen molar-refractivity contribution >= 4 is 11.7 Å². The van der Waals surface area contributed by atoms with Gasteiger partial charge in [-0.15, -0.1) is 0 Å². The van der Waals surface area contributed by atoms with E-state index in [1.54, 1.807) is 26.5 Å². The molecular weight excluding hydrogens is 318 g/mol. The van der Waals surface area contributed by atoms with E-state index in [1.165, 1.54) is 5.56 Å². The Morgan fingerprint density at radius 3 is 2.48 bits per heavy atom. The van der Waals surface area contributed by atoms with Crippen LogP contribution in [0.15, 0.2) is 30.5 Å². The molecule has 132 valence electrons. The van der Waals surface area contributed by atoms with Gasteiger partial charge in [-0.3, -0.25) is 4.79 Å². The number of aromatic nitrogens is 1. The average molecular weight is 341 g/mol. The number of hydrogen-bond acceptors (Lipinski definition) is 5. The first-order chi connectivity index (χ1) is 12.0. The van der Waals surface area contributed by atoms with Crippen LogP contribution in [0.4, 0.5) is 5.82 Å². The number of rotatable bonds is 4. The van der Waals surface area contributed by atoms with E-state index < -0.39 is 0 Å². The Morgan fingerprint density at radius 1 is 1.16 bits per heavy atom. The Labute approximate surface area is 148 Å². The van der Waals surface area contributed by atoms with Crippen LogP contribution in [0.5, 0.6) is 11.5 Å². The summed E-state index contributed by atoms with van der Waals surface area (Å²) in [7, 11) is 7.03. The Morgan fingerprint density at radius 2 is 1.84 bits per heavy atom. The number of nitrogens with zero attached hydrogens (tertiary/aromatic N) is 3. The van der Waals surface area contributed by atoms with Gasteiger partial charge in [0.25, 0.3) is 5.91 Å². The molecule has 25 heavy (non-hydrogen) atoms. The third kappa shape index (κ3) is 3.24. The summed E-state index contributed by atoms with van der Waals surface area (Å²) in [6, 6.07) is 7.59. The molecule has 1 aliphatic heterocycles. The second-order valence-electron chi connectivity index (χ2n) is 6.22. The molecule has 6 nitrogen and oxygen atoms in total. The number of anilines is 1. The maximum Gasteiger partial charge on any atom is 0.257 e. The average Bonchev–Trinajstić information content (AvgIpc) is 2.65. The van der Waals surface area contributed by atoms with Gasteiger partial charge in [0.1, 0.15) is 5.82 Å². The predicted octanol–water partition coefficient (Wildman–Crippen LogP) is 2.36. The molecule has 0 saturated carbocycles. The van der Waals surface area contributed by atoms with E-state index in [4.69, 9.17) is 9.47 Å². The van der Waals surface area contributed by atoms with Crippen molar-refractivity contribution in [1.29, 1.82) is 0 Å². The molecule has 0 N–H and O–H groups in total. The Bertz CT molecular complexity index is 789. The van der Waals surface area contributed by atoms with Crippen molar-refractivity contribution in [2.45, 2.75) is 13.0 Å². The summed E-state index contributed by atoms with van der Waals surface area (Å²) in [6.45, 7) is 1.22. The predicted molar refractivity (Wildman–Crippen MR) is 96.6 cm³/mol. The third-order valence-corrected chi connectivity index (χ3v) is 4.45. The Hall–Kier alpha value is -2.76. The molecule has 1 aromatic heterocycles. The summed E-state index contributed by atoms with van der Waals surface area (Å²) in [6.07, 6.45) is 2.49. The standard InChI is InChI=1S/C19H23N3O3/c1-21(2)18-15(6-5-8-20-18)19(23)22-9-7-13-10-16(24-3)17(25-4)11-14(13)12-22/h5-6,8,10-11H,7,9,12H2,1-4H3. The van der Waals surface area contributed by atoms with Crippen molar-refractivity contribution in [2.24, 2.45) is 0 Å². The fourth-order valence-corrected chi connectivity index (χ4v) is 3.15. The first-order valence-corrected chi connectivity index (χ1v) is 8.20. The van der Waals surface area contributed by atoms with E-state index in [0.29, 0.717) is 30.2 Å². The largest absolute Gasteiger partial charge is 0.493 e. The molecule has 0 aliphatic carbocycles. The normalized spacial score (nSPS) is 13.2. The lowest BCUT2D eigenvalue weighted by Gasteiger charge is -2.30. The first kappa shape index (κ1) is 17.1. The fourth-order valence-electron chi connectivity index (χ4n) is 3.15. The monoisotopic (exact) mass is 341 g/mol. The third-order valence-electron chi connectivity index (χ3n) is 4.45. The molecule has 1 amide bonds. The molecular formula is C19H23N3O3. The summed E-state index contributed by atoms with van der Waals surface area (Å²) >= 11 is 0. The first-order valence-electron chi connectivity index (χ1n) is 8.20. The molecule has 3 rings (SSSR count). The maximum atomic E-state index is 13.0. The second kappa shape index (κ2) is 7.01. The van der Waals surface area contributed by atoms with Gasteiger partial charge in [-0.25, -0.2) is 4.98 Å². The van der Waals surface area contributed by atoms with Crippen LogP contribution in [0.2, 0.25) is 0 Å². The molecule has 1 aliphatic rings. The molecule has 0 atom stereocenters. The molecule has 6 heteroatoms. The number of hydrogen-bond donors (Lipinski definition) is 0. The number of ether oxygens (including phenoxy) is 2. The number of amides is 1. The zero-order valence-electron chi connectivity index (χ0n) is 15.1. The lowest BCUT2D eigenvalue weighted by molar-refractivity contribution is 0.0734. The maximum absolute atomic E-state index is 13.0. The van der Waals surface area contributed by atoms with Gasteiger partial charge in [0.2, 0.25) is 0 Å². The van der Waals surface area contributed by atoms with E-state index in [2.05, 4.69) is 4.98 Å². The van der Waals surface area contributed by atoms with Gasteiger partial charge in [-0.2, -0.15) is 0 Å². The van der Waals surface area contributed by atoms with Crippen LogP contribution in [0.1, 0.15) is 21.5 Å². The second-order valence-corrected chi connectivity index (χ2v) is 6.22. The number of carbonyl (C=O) groups is 1. The lowest BCUT2D eigenvalue weighted by atomic mass is 9.98. The minimum Gasteiger partial charge on any atom is -0.493 e. The molecule has 0 saturated heterocycles. The van der Waals surface area contributed by atoms with Crippen molar-refractivity contribution in [3.63, 3.8) is 0 Å². The topological polar surface area (TPSA) is 54.9 Å². The van der Waals surface area contributed by atoms with Crippen LogP contribution in [0.25, 0.3) is 0 Å². The van der Waals surface area contributed by atoms with E-state index in [-0.39, 0.29) is 5.91 Å². The number of carbonyl (C=O) groups excluding carboxylic acids is 1. The van der Waals surface area contributed by atoms with Crippen LogP contribution in [0.3, 0.4) is 0 Å². The van der Waals surface area contributed by atoms with Crippen molar-refractivity contribution in [3.8, 4) is 11.5 Å². The van der Waals surface area contributed by atoms with Crippen LogP contribution >= 0.6 is 0 Å². The van der Waals surface area contributed by atoms with Gasteiger partial charge >= 0.3 is 0 Å². The van der Waals surface area contributed by atoms with Gasteiger partial charge in [0.15, 0.2) is 11.5 Å². The fraction of sp³-hybridized carbons (Fsp3) is 0.368. The van der Waals surface area contributed by atoms with Crippen LogP contribution < -0.4 is 14.4 Å². The minimum atomic E-state index is -0.00256. The molecule has 1 aromatic carbocycles. The van der Waals surface area contributed by atoms with Crippen molar-refractivity contribution in [1.82, 2.24) is 9.88 Å². The Balaban J connectivity index is 1.89. The van der Waals surface area contributed by atoms with Crippen LogP contribution in [0, 0.1) is 0 Å². The Kier molecular flexibility index (Phi) is 4.79. The quantitative estimate of drug-likeness (QED) is 0.854. The highest BCUT2D eigenvalue weighted by Gasteiger charge is 2.25. The molecule has 0 spiro atoms. The number of fused-ring (bicyclic) bond motifs is 1. The summed E-state index contributed by atoms with van der Waals surface area (Å²) in [5, 5.41) is 0. The summed E-state index contributed by atoms with van der Waals surface area (Å²) < 4.78 is 10.8. The van der Waals surface area contributed by atoms with Crippen LogP contribution in [-0.4, -0.2) is 50.7 Å². The molecule has 2 aromatic rings. The molecule has 0 radical (unpaired) electrons. The minimum absolute atomic E-state index is 0.00256. The van der Waals surface area contributed by atoms with Gasteiger partial charge in [-0.1, -0.05) is 0 Å². The summed E-state index contributed by atoms with van der Waals surface area (Å²) in [5.41, 5.74) is 2.91. The van der Waals surface area contributed by atoms with E-state index in [9.17, 15) is 4.79 Å².